The van der Waals surface area contributed by atoms with E-state index < -0.39 is 0 Å². The molecule has 0 atom stereocenters. The quantitative estimate of drug-likeness (QED) is 0.491. The topological polar surface area (TPSA) is 87.7 Å². The molecule has 1 fully saturated rings. The third-order valence-electron chi connectivity index (χ3n) is 6.08. The summed E-state index contributed by atoms with van der Waals surface area (Å²) in [5.41, 5.74) is 2.16. The lowest BCUT2D eigenvalue weighted by atomic mass is 9.95. The Morgan fingerprint density at radius 1 is 0.833 bits per heavy atom. The van der Waals surface area contributed by atoms with Crippen LogP contribution in [0.25, 0.3) is 0 Å². The molecule has 1 heterocycles. The molecule has 36 heavy (non-hydrogen) atoms. The van der Waals surface area contributed by atoms with Gasteiger partial charge in [0.1, 0.15) is 11.6 Å². The number of ether oxygens (including phenoxy) is 1. The number of nitrogens with one attached hydrogen (secondary N) is 2. The smallest absolute Gasteiger partial charge is 0.255 e. The van der Waals surface area contributed by atoms with Crippen LogP contribution in [0, 0.1) is 11.7 Å². The van der Waals surface area contributed by atoms with Crippen molar-refractivity contribution in [3.63, 3.8) is 0 Å². The zero-order valence-corrected chi connectivity index (χ0v) is 20.0. The zero-order valence-electron chi connectivity index (χ0n) is 20.0. The van der Waals surface area contributed by atoms with Crippen molar-refractivity contribution in [3.8, 4) is 5.75 Å². The predicted molar refractivity (Wildman–Crippen MR) is 136 cm³/mol. The molecular formula is C28H28FN3O4. The third kappa shape index (κ3) is 6.27. The predicted octanol–water partition coefficient (Wildman–Crippen LogP) is 4.97. The molecule has 0 aliphatic carbocycles. The van der Waals surface area contributed by atoms with Crippen molar-refractivity contribution < 1.29 is 23.5 Å². The molecule has 186 valence electrons. The average molecular weight is 490 g/mol. The molecule has 3 aromatic rings. The fourth-order valence-corrected chi connectivity index (χ4v) is 4.07. The summed E-state index contributed by atoms with van der Waals surface area (Å²) in [4.78, 5) is 39.5. The van der Waals surface area contributed by atoms with E-state index in [0.29, 0.717) is 55.0 Å². The zero-order chi connectivity index (χ0) is 25.5. The van der Waals surface area contributed by atoms with Crippen LogP contribution >= 0.6 is 0 Å². The lowest BCUT2D eigenvalue weighted by Gasteiger charge is -2.31. The summed E-state index contributed by atoms with van der Waals surface area (Å²) in [6.07, 6.45) is 1.09. The molecule has 0 aromatic heterocycles. The van der Waals surface area contributed by atoms with Crippen LogP contribution in [0.15, 0.2) is 72.8 Å². The minimum atomic E-state index is -0.386. The van der Waals surface area contributed by atoms with Crippen molar-refractivity contribution in [2.75, 3.05) is 30.3 Å². The van der Waals surface area contributed by atoms with E-state index in [-0.39, 0.29) is 29.5 Å². The first-order valence-electron chi connectivity index (χ1n) is 11.9. The fraction of sp³-hybridized carbons (Fsp3) is 0.250. The number of halogens is 1. The number of carbonyl (C=O) groups excluding carboxylic acids is 3. The van der Waals surface area contributed by atoms with Crippen molar-refractivity contribution >= 4 is 29.1 Å². The van der Waals surface area contributed by atoms with Crippen LogP contribution < -0.4 is 15.4 Å². The lowest BCUT2D eigenvalue weighted by molar-refractivity contribution is -0.121. The van der Waals surface area contributed by atoms with Crippen LogP contribution in [-0.4, -0.2) is 42.3 Å². The second-order valence-electron chi connectivity index (χ2n) is 8.55. The van der Waals surface area contributed by atoms with Gasteiger partial charge in [0.05, 0.1) is 6.61 Å². The second kappa shape index (κ2) is 11.5. The van der Waals surface area contributed by atoms with Crippen LogP contribution in [-0.2, 0) is 4.79 Å². The van der Waals surface area contributed by atoms with Gasteiger partial charge in [-0.25, -0.2) is 4.39 Å². The molecule has 3 amide bonds. The van der Waals surface area contributed by atoms with Gasteiger partial charge in [0.2, 0.25) is 5.91 Å². The first-order valence-corrected chi connectivity index (χ1v) is 11.9. The molecule has 0 spiro atoms. The van der Waals surface area contributed by atoms with Gasteiger partial charge in [-0.2, -0.15) is 0 Å². The highest BCUT2D eigenvalue weighted by Gasteiger charge is 2.28. The maximum Gasteiger partial charge on any atom is 0.255 e. The van der Waals surface area contributed by atoms with Crippen LogP contribution in [0.3, 0.4) is 0 Å². The highest BCUT2D eigenvalue weighted by molar-refractivity contribution is 6.04. The monoisotopic (exact) mass is 489 g/mol. The molecule has 7 nitrogen and oxygen atoms in total. The van der Waals surface area contributed by atoms with Gasteiger partial charge in [0.25, 0.3) is 11.8 Å². The van der Waals surface area contributed by atoms with Gasteiger partial charge in [-0.3, -0.25) is 14.4 Å². The van der Waals surface area contributed by atoms with Gasteiger partial charge >= 0.3 is 0 Å². The number of piperidine rings is 1. The lowest BCUT2D eigenvalue weighted by Crippen LogP contribution is -2.41. The molecule has 4 rings (SSSR count). The van der Waals surface area contributed by atoms with E-state index in [1.807, 2.05) is 6.92 Å². The Hall–Kier alpha value is -4.20. The van der Waals surface area contributed by atoms with E-state index in [1.165, 1.54) is 24.3 Å². The maximum absolute atomic E-state index is 13.1. The number of benzene rings is 3. The van der Waals surface area contributed by atoms with Crippen molar-refractivity contribution in [3.05, 3.63) is 89.7 Å². The highest BCUT2D eigenvalue weighted by Crippen LogP contribution is 2.22. The molecule has 1 saturated heterocycles. The van der Waals surface area contributed by atoms with Gasteiger partial charge in [0, 0.05) is 41.5 Å². The second-order valence-corrected chi connectivity index (χ2v) is 8.55. The van der Waals surface area contributed by atoms with Gasteiger partial charge in [-0.1, -0.05) is 0 Å². The molecule has 0 bridgehead atoms. The number of anilines is 2. The molecule has 3 aromatic carbocycles. The molecule has 0 radical (unpaired) electrons. The van der Waals surface area contributed by atoms with Crippen molar-refractivity contribution in [2.45, 2.75) is 19.8 Å². The van der Waals surface area contributed by atoms with Crippen molar-refractivity contribution in [2.24, 2.45) is 5.92 Å². The molecule has 0 unspecified atom stereocenters. The standard InChI is InChI=1S/C28H28FN3O4/c1-2-36-25-13-11-24(12-14-25)31-26(33)19-5-9-23(10-6-19)30-27(34)20-15-17-32(18-16-20)28(35)21-3-7-22(29)8-4-21/h3-14,20H,2,15-18H2,1H3,(H,30,34)(H,31,33). The number of carbonyl (C=O) groups is 3. The Balaban J connectivity index is 1.26. The largest absolute Gasteiger partial charge is 0.494 e. The molecule has 2 N–H and O–H groups in total. The first-order chi connectivity index (χ1) is 17.4. The van der Waals surface area contributed by atoms with Crippen LogP contribution in [0.5, 0.6) is 5.75 Å². The Labute approximate surface area is 209 Å². The van der Waals surface area contributed by atoms with E-state index >= 15 is 0 Å². The Morgan fingerprint density at radius 3 is 2.00 bits per heavy atom. The van der Waals surface area contributed by atoms with Crippen LogP contribution in [0.1, 0.15) is 40.5 Å². The fourth-order valence-electron chi connectivity index (χ4n) is 4.07. The minimum absolute atomic E-state index is 0.115. The van der Waals surface area contributed by atoms with Gasteiger partial charge < -0.3 is 20.3 Å². The van der Waals surface area contributed by atoms with E-state index in [9.17, 15) is 18.8 Å². The summed E-state index contributed by atoms with van der Waals surface area (Å²) < 4.78 is 18.5. The van der Waals surface area contributed by atoms with Gasteiger partial charge in [-0.15, -0.1) is 0 Å². The summed E-state index contributed by atoms with van der Waals surface area (Å²) in [7, 11) is 0. The number of hydrogen-bond acceptors (Lipinski definition) is 4. The third-order valence-corrected chi connectivity index (χ3v) is 6.08. The van der Waals surface area contributed by atoms with Gasteiger partial charge in [0.15, 0.2) is 0 Å². The summed E-state index contributed by atoms with van der Waals surface area (Å²) in [5.74, 6) is -0.396. The maximum atomic E-state index is 13.1. The number of nitrogens with zero attached hydrogens (tertiary/aromatic N) is 1. The highest BCUT2D eigenvalue weighted by atomic mass is 19.1. The number of likely N-dealkylation sites (tertiary alicyclic amines) is 1. The van der Waals surface area contributed by atoms with Gasteiger partial charge in [-0.05, 0) is 92.6 Å². The van der Waals surface area contributed by atoms with Crippen LogP contribution in [0.4, 0.5) is 15.8 Å². The Kier molecular flexibility index (Phi) is 7.95. The molecule has 1 aliphatic heterocycles. The molecule has 0 saturated carbocycles. The SMILES string of the molecule is CCOc1ccc(NC(=O)c2ccc(NC(=O)C3CCN(C(=O)c4ccc(F)cc4)CC3)cc2)cc1. The van der Waals surface area contributed by atoms with Crippen LogP contribution in [0.2, 0.25) is 0 Å². The van der Waals surface area contributed by atoms with Crippen molar-refractivity contribution in [1.29, 1.82) is 0 Å². The first kappa shape index (κ1) is 24.9. The number of rotatable bonds is 7. The van der Waals surface area contributed by atoms with E-state index in [2.05, 4.69) is 10.6 Å². The molecular weight excluding hydrogens is 461 g/mol. The minimum Gasteiger partial charge on any atom is -0.494 e. The Bertz CT molecular complexity index is 1200. The summed E-state index contributed by atoms with van der Waals surface area (Å²) in [6.45, 7) is 3.40. The number of amides is 3. The molecule has 8 heteroatoms. The average Bonchev–Trinajstić information content (AvgIpc) is 2.90. The summed E-state index contributed by atoms with van der Waals surface area (Å²) in [6, 6.07) is 19.3. The number of hydrogen-bond donors (Lipinski definition) is 2. The normalized spacial score (nSPS) is 13.7. The van der Waals surface area contributed by atoms with Crippen molar-refractivity contribution in [1.82, 2.24) is 4.90 Å². The Morgan fingerprint density at radius 2 is 1.39 bits per heavy atom. The summed E-state index contributed by atoms with van der Waals surface area (Å²) in [5, 5.41) is 5.73. The van der Waals surface area contributed by atoms with E-state index in [1.54, 1.807) is 53.4 Å². The van der Waals surface area contributed by atoms with E-state index in [0.717, 1.165) is 5.75 Å². The van der Waals surface area contributed by atoms with E-state index in [4.69, 9.17) is 4.74 Å². The molecule has 1 aliphatic rings. The summed E-state index contributed by atoms with van der Waals surface area (Å²) >= 11 is 0.